The normalized spacial score (nSPS) is 11.5. The van der Waals surface area contributed by atoms with Gasteiger partial charge in [-0.2, -0.15) is 0 Å². The lowest BCUT2D eigenvalue weighted by atomic mass is 9.99. The van der Waals surface area contributed by atoms with Gasteiger partial charge < -0.3 is 14.0 Å². The van der Waals surface area contributed by atoms with E-state index < -0.39 is 0 Å². The van der Waals surface area contributed by atoms with Crippen LogP contribution in [0.25, 0.3) is 77.2 Å². The molecule has 11 aromatic rings. The van der Waals surface area contributed by atoms with Gasteiger partial charge in [0.25, 0.3) is 0 Å². The quantitative estimate of drug-likeness (QED) is 0.159. The molecule has 9 aromatic carbocycles. The van der Waals surface area contributed by atoms with Gasteiger partial charge in [-0.05, 0) is 107 Å². The molecule has 2 aromatic heterocycles. The Hall–Kier alpha value is -7.62. The molecule has 0 unspecified atom stereocenters. The summed E-state index contributed by atoms with van der Waals surface area (Å²) >= 11 is 0. The van der Waals surface area contributed by atoms with E-state index in [4.69, 9.17) is 0 Å². The smallest absolute Gasteiger partial charge is 0.0547 e. The molecule has 0 spiro atoms. The molecule has 0 fully saturated rings. The van der Waals surface area contributed by atoms with Crippen LogP contribution in [0.2, 0.25) is 0 Å². The molecule has 3 heteroatoms. The predicted octanol–water partition coefficient (Wildman–Crippen LogP) is 14.7. The lowest BCUT2D eigenvalue weighted by Gasteiger charge is -2.26. The summed E-state index contributed by atoms with van der Waals surface area (Å²) in [5.41, 5.74) is 15.1. The Morgan fingerprint density at radius 2 is 0.807 bits per heavy atom. The largest absolute Gasteiger partial charge is 0.310 e. The van der Waals surface area contributed by atoms with Crippen LogP contribution in [0.15, 0.2) is 224 Å². The third-order valence-electron chi connectivity index (χ3n) is 11.3. The third-order valence-corrected chi connectivity index (χ3v) is 11.3. The molecular weight excluding hydrogens is 691 g/mol. The maximum absolute atomic E-state index is 2.41. The molecule has 3 nitrogen and oxygen atoms in total. The Labute approximate surface area is 331 Å². The van der Waals surface area contributed by atoms with Crippen LogP contribution in [0.5, 0.6) is 0 Å². The van der Waals surface area contributed by atoms with Crippen molar-refractivity contribution in [3.05, 3.63) is 224 Å². The number of nitrogens with zero attached hydrogens (tertiary/aromatic N) is 3. The monoisotopic (exact) mass is 727 g/mol. The van der Waals surface area contributed by atoms with Gasteiger partial charge in [-0.25, -0.2) is 0 Å². The van der Waals surface area contributed by atoms with Gasteiger partial charge in [0.1, 0.15) is 0 Å². The van der Waals surface area contributed by atoms with E-state index in [1.807, 2.05) is 0 Å². The minimum Gasteiger partial charge on any atom is -0.310 e. The molecule has 0 N–H and O–H groups in total. The van der Waals surface area contributed by atoms with Gasteiger partial charge in [-0.15, -0.1) is 0 Å². The molecule has 0 radical (unpaired) electrons. The molecule has 268 valence electrons. The molecule has 11 rings (SSSR count). The predicted molar refractivity (Wildman–Crippen MR) is 241 cm³/mol. The minimum absolute atomic E-state index is 1.10. The highest BCUT2D eigenvalue weighted by atomic mass is 15.1. The number of anilines is 3. The van der Waals surface area contributed by atoms with Gasteiger partial charge >= 0.3 is 0 Å². The van der Waals surface area contributed by atoms with Gasteiger partial charge in [0, 0.05) is 50.0 Å². The summed E-state index contributed by atoms with van der Waals surface area (Å²) in [4.78, 5) is 2.40. The molecule has 0 saturated heterocycles. The summed E-state index contributed by atoms with van der Waals surface area (Å²) in [6.07, 6.45) is 0. The number of aromatic nitrogens is 2. The van der Waals surface area contributed by atoms with E-state index >= 15 is 0 Å². The lowest BCUT2D eigenvalue weighted by Crippen LogP contribution is -2.09. The molecule has 2 heterocycles. The second-order valence-corrected chi connectivity index (χ2v) is 14.6. The summed E-state index contributed by atoms with van der Waals surface area (Å²) in [6, 6.07) is 81.1. The SMILES string of the molecule is c1ccc(-c2ccc3c4cc(N(c5ccccc5)c5ccc6c(c5)c5c(-c7ccccc7)cccc5n6-c5ccccc5)ccc4n(-c4ccccc4)c3c2)cc1. The summed E-state index contributed by atoms with van der Waals surface area (Å²) in [6.45, 7) is 0. The maximum Gasteiger partial charge on any atom is 0.0547 e. The van der Waals surface area contributed by atoms with Gasteiger partial charge in [-0.1, -0.05) is 140 Å². The molecule has 0 amide bonds. The standard InChI is InChI=1S/C54H37N3/c1-6-17-38(18-7-1)40-29-32-47-48-36-44(30-33-50(48)57(53(47)35-40)43-25-14-5-15-26-43)55(41-21-10-3-11-22-41)45-31-34-51-49(37-45)54-46(39-19-8-2-9-20-39)27-16-28-52(54)56(51)42-23-12-4-13-24-42/h1-37H. The Morgan fingerprint density at radius 1 is 0.281 bits per heavy atom. The minimum atomic E-state index is 1.10. The number of rotatable bonds is 7. The highest BCUT2D eigenvalue weighted by molar-refractivity contribution is 6.17. The second kappa shape index (κ2) is 13.6. The first-order chi connectivity index (χ1) is 28.3. The molecule has 0 aliphatic heterocycles. The summed E-state index contributed by atoms with van der Waals surface area (Å²) < 4.78 is 4.81. The van der Waals surface area contributed by atoms with Gasteiger partial charge in [0.15, 0.2) is 0 Å². The first-order valence-corrected chi connectivity index (χ1v) is 19.5. The zero-order valence-corrected chi connectivity index (χ0v) is 31.2. The van der Waals surface area contributed by atoms with Crippen LogP contribution in [0, 0.1) is 0 Å². The lowest BCUT2D eigenvalue weighted by molar-refractivity contribution is 1.18. The third kappa shape index (κ3) is 5.51. The van der Waals surface area contributed by atoms with Crippen molar-refractivity contribution in [2.45, 2.75) is 0 Å². The zero-order chi connectivity index (χ0) is 37.7. The van der Waals surface area contributed by atoms with E-state index in [-0.39, 0.29) is 0 Å². The molecule has 57 heavy (non-hydrogen) atoms. The van der Waals surface area contributed by atoms with E-state index in [0.717, 1.165) is 28.4 Å². The van der Waals surface area contributed by atoms with Crippen molar-refractivity contribution in [3.63, 3.8) is 0 Å². The van der Waals surface area contributed by atoms with Crippen LogP contribution in [0.4, 0.5) is 17.1 Å². The number of benzene rings is 9. The molecule has 0 atom stereocenters. The van der Waals surface area contributed by atoms with Crippen molar-refractivity contribution in [1.29, 1.82) is 0 Å². The van der Waals surface area contributed by atoms with Crippen molar-refractivity contribution in [2.24, 2.45) is 0 Å². The highest BCUT2D eigenvalue weighted by Gasteiger charge is 2.21. The average molecular weight is 728 g/mol. The van der Waals surface area contributed by atoms with Crippen molar-refractivity contribution in [3.8, 4) is 33.6 Å². The second-order valence-electron chi connectivity index (χ2n) is 14.6. The number of fused-ring (bicyclic) bond motifs is 6. The first-order valence-electron chi connectivity index (χ1n) is 19.5. The van der Waals surface area contributed by atoms with Crippen LogP contribution < -0.4 is 4.90 Å². The van der Waals surface area contributed by atoms with E-state index in [9.17, 15) is 0 Å². The van der Waals surface area contributed by atoms with Crippen molar-refractivity contribution in [1.82, 2.24) is 9.13 Å². The van der Waals surface area contributed by atoms with Gasteiger partial charge in [0.05, 0.1) is 22.1 Å². The summed E-state index contributed by atoms with van der Waals surface area (Å²) in [7, 11) is 0. The van der Waals surface area contributed by atoms with Crippen molar-refractivity contribution in [2.75, 3.05) is 4.90 Å². The van der Waals surface area contributed by atoms with E-state index in [0.29, 0.717) is 0 Å². The van der Waals surface area contributed by atoms with Crippen LogP contribution in [-0.2, 0) is 0 Å². The molecule has 0 aliphatic rings. The van der Waals surface area contributed by atoms with Crippen molar-refractivity contribution < 1.29 is 0 Å². The van der Waals surface area contributed by atoms with Gasteiger partial charge in [-0.3, -0.25) is 0 Å². The average Bonchev–Trinajstić information content (AvgIpc) is 3.80. The van der Waals surface area contributed by atoms with Crippen LogP contribution in [0.1, 0.15) is 0 Å². The fourth-order valence-corrected chi connectivity index (χ4v) is 8.75. The molecular formula is C54H37N3. The Bertz CT molecular complexity index is 3200. The Balaban J connectivity index is 1.16. The van der Waals surface area contributed by atoms with Gasteiger partial charge in [0.2, 0.25) is 0 Å². The zero-order valence-electron chi connectivity index (χ0n) is 31.2. The van der Waals surface area contributed by atoms with Crippen LogP contribution in [0.3, 0.4) is 0 Å². The number of para-hydroxylation sites is 3. The fraction of sp³-hybridized carbons (Fsp3) is 0. The number of hydrogen-bond donors (Lipinski definition) is 0. The maximum atomic E-state index is 2.41. The molecule has 0 bridgehead atoms. The van der Waals surface area contributed by atoms with Crippen molar-refractivity contribution >= 4 is 60.7 Å². The van der Waals surface area contributed by atoms with Crippen LogP contribution >= 0.6 is 0 Å². The Morgan fingerprint density at radius 3 is 1.44 bits per heavy atom. The molecule has 0 aliphatic carbocycles. The molecule has 0 saturated carbocycles. The number of hydrogen-bond acceptors (Lipinski definition) is 1. The highest BCUT2D eigenvalue weighted by Crippen LogP contribution is 2.44. The fourth-order valence-electron chi connectivity index (χ4n) is 8.75. The topological polar surface area (TPSA) is 13.1 Å². The van der Waals surface area contributed by atoms with E-state index in [1.54, 1.807) is 0 Å². The van der Waals surface area contributed by atoms with Crippen LogP contribution in [-0.4, -0.2) is 9.13 Å². The van der Waals surface area contributed by atoms with E-state index in [2.05, 4.69) is 238 Å². The Kier molecular flexibility index (Phi) is 7.82. The summed E-state index contributed by atoms with van der Waals surface area (Å²) in [5.74, 6) is 0. The first kappa shape index (κ1) is 32.8. The summed E-state index contributed by atoms with van der Waals surface area (Å²) in [5, 5.41) is 4.88. The van der Waals surface area contributed by atoms with E-state index in [1.165, 1.54) is 65.9 Å².